The van der Waals surface area contributed by atoms with Gasteiger partial charge in [-0.25, -0.2) is 0 Å². The first-order valence-electron chi connectivity index (χ1n) is 4.46. The number of methoxy groups -OCH3 is 1. The van der Waals surface area contributed by atoms with E-state index in [9.17, 15) is 9.59 Å². The molecule has 1 radical (unpaired) electrons. The molecule has 0 saturated heterocycles. The maximum absolute atomic E-state index is 10.8. The zero-order valence-corrected chi connectivity index (χ0v) is 8.61. The van der Waals surface area contributed by atoms with Crippen molar-refractivity contribution in [2.45, 2.75) is 13.0 Å². The molecular formula is C11H12NO3. The van der Waals surface area contributed by atoms with Gasteiger partial charge in [0.15, 0.2) is 0 Å². The van der Waals surface area contributed by atoms with Gasteiger partial charge >= 0.3 is 0 Å². The summed E-state index contributed by atoms with van der Waals surface area (Å²) >= 11 is 0. The molecule has 0 heterocycles. The summed E-state index contributed by atoms with van der Waals surface area (Å²) in [6.07, 6.45) is 1.76. The molecule has 1 unspecified atom stereocenters. The van der Waals surface area contributed by atoms with E-state index in [1.54, 1.807) is 37.7 Å². The molecule has 4 nitrogen and oxygen atoms in total. The van der Waals surface area contributed by atoms with Crippen molar-refractivity contribution < 1.29 is 14.3 Å². The Morgan fingerprint density at radius 1 is 1.40 bits per heavy atom. The molecule has 0 aromatic heterocycles. The van der Waals surface area contributed by atoms with Crippen molar-refractivity contribution in [3.8, 4) is 5.75 Å². The van der Waals surface area contributed by atoms with E-state index in [0.717, 1.165) is 0 Å². The summed E-state index contributed by atoms with van der Waals surface area (Å²) in [4.78, 5) is 21.4. The van der Waals surface area contributed by atoms with Crippen LogP contribution < -0.4 is 10.1 Å². The molecule has 1 atom stereocenters. The smallest absolute Gasteiger partial charge is 0.227 e. The Bertz CT molecular complexity index is 345. The van der Waals surface area contributed by atoms with Gasteiger partial charge in [-0.3, -0.25) is 9.59 Å². The molecular weight excluding hydrogens is 194 g/mol. The van der Waals surface area contributed by atoms with Crippen LogP contribution >= 0.6 is 0 Å². The fourth-order valence-corrected chi connectivity index (χ4v) is 1.18. The lowest BCUT2D eigenvalue weighted by Crippen LogP contribution is -2.26. The van der Waals surface area contributed by atoms with Crippen molar-refractivity contribution in [1.82, 2.24) is 5.32 Å². The summed E-state index contributed by atoms with van der Waals surface area (Å²) in [6.45, 7) is 1.36. The molecule has 1 rings (SSSR count). The van der Waals surface area contributed by atoms with E-state index in [2.05, 4.69) is 5.32 Å². The van der Waals surface area contributed by atoms with Gasteiger partial charge in [0, 0.05) is 6.92 Å². The number of benzene rings is 1. The third-order valence-corrected chi connectivity index (χ3v) is 1.91. The summed E-state index contributed by atoms with van der Waals surface area (Å²) in [5.74, 6) is 0.436. The van der Waals surface area contributed by atoms with E-state index < -0.39 is 6.04 Å². The van der Waals surface area contributed by atoms with Crippen LogP contribution in [0.5, 0.6) is 5.75 Å². The van der Waals surface area contributed by atoms with E-state index in [1.807, 2.05) is 0 Å². The Labute approximate surface area is 88.2 Å². The minimum Gasteiger partial charge on any atom is -0.497 e. The SMILES string of the molecule is COc1ccc(C([C]=O)NC(C)=O)cc1. The molecule has 79 valence electrons. The molecule has 4 heteroatoms. The maximum atomic E-state index is 10.8. The van der Waals surface area contributed by atoms with Gasteiger partial charge in [0.05, 0.1) is 7.11 Å². The molecule has 0 aliphatic carbocycles. The predicted octanol–water partition coefficient (Wildman–Crippen LogP) is 0.982. The van der Waals surface area contributed by atoms with Crippen LogP contribution in [-0.2, 0) is 9.59 Å². The molecule has 1 N–H and O–H groups in total. The van der Waals surface area contributed by atoms with Crippen LogP contribution in [0.15, 0.2) is 24.3 Å². The fraction of sp³-hybridized carbons (Fsp3) is 0.273. The molecule has 15 heavy (non-hydrogen) atoms. The Morgan fingerprint density at radius 2 is 2.00 bits per heavy atom. The van der Waals surface area contributed by atoms with Crippen molar-refractivity contribution in [3.05, 3.63) is 29.8 Å². The van der Waals surface area contributed by atoms with Gasteiger partial charge in [0.2, 0.25) is 12.2 Å². The topological polar surface area (TPSA) is 55.4 Å². The molecule has 1 amide bonds. The second-order valence-corrected chi connectivity index (χ2v) is 3.02. The number of nitrogens with one attached hydrogen (secondary N) is 1. The molecule has 0 spiro atoms. The van der Waals surface area contributed by atoms with E-state index in [1.165, 1.54) is 6.92 Å². The average Bonchev–Trinajstić information content (AvgIpc) is 2.26. The Kier molecular flexibility index (Phi) is 3.85. The minimum atomic E-state index is -0.714. The zero-order valence-electron chi connectivity index (χ0n) is 8.61. The van der Waals surface area contributed by atoms with E-state index in [0.29, 0.717) is 11.3 Å². The number of amides is 1. The highest BCUT2D eigenvalue weighted by Crippen LogP contribution is 2.16. The van der Waals surface area contributed by atoms with Gasteiger partial charge in [0.1, 0.15) is 11.8 Å². The van der Waals surface area contributed by atoms with Crippen molar-refractivity contribution >= 4 is 12.2 Å². The van der Waals surface area contributed by atoms with Gasteiger partial charge < -0.3 is 10.1 Å². The average molecular weight is 206 g/mol. The molecule has 0 aliphatic heterocycles. The second-order valence-electron chi connectivity index (χ2n) is 3.02. The highest BCUT2D eigenvalue weighted by molar-refractivity contribution is 5.78. The summed E-state index contributed by atoms with van der Waals surface area (Å²) in [6, 6.07) is 6.16. The number of ether oxygens (including phenoxy) is 1. The lowest BCUT2D eigenvalue weighted by molar-refractivity contribution is -0.119. The first kappa shape index (κ1) is 11.2. The van der Waals surface area contributed by atoms with E-state index >= 15 is 0 Å². The van der Waals surface area contributed by atoms with Crippen molar-refractivity contribution in [1.29, 1.82) is 0 Å². The van der Waals surface area contributed by atoms with Gasteiger partial charge in [-0.15, -0.1) is 0 Å². The van der Waals surface area contributed by atoms with E-state index in [4.69, 9.17) is 4.74 Å². The normalized spacial score (nSPS) is 11.6. The molecule has 1 aromatic carbocycles. The van der Waals surface area contributed by atoms with Crippen LogP contribution in [0.4, 0.5) is 0 Å². The Morgan fingerprint density at radius 3 is 2.40 bits per heavy atom. The van der Waals surface area contributed by atoms with Crippen LogP contribution in [0.1, 0.15) is 18.5 Å². The fourth-order valence-electron chi connectivity index (χ4n) is 1.18. The second kappa shape index (κ2) is 5.14. The standard InChI is InChI=1S/C11H12NO3/c1-8(14)12-11(7-13)9-3-5-10(15-2)6-4-9/h3-6,11H,1-2H3,(H,12,14). The first-order chi connectivity index (χ1) is 7.17. The third-order valence-electron chi connectivity index (χ3n) is 1.91. The van der Waals surface area contributed by atoms with Crippen LogP contribution in [0.2, 0.25) is 0 Å². The largest absolute Gasteiger partial charge is 0.497 e. The van der Waals surface area contributed by atoms with Crippen LogP contribution in [0.3, 0.4) is 0 Å². The molecule has 1 aromatic rings. The number of hydrogen-bond donors (Lipinski definition) is 1. The predicted molar refractivity (Wildman–Crippen MR) is 55.2 cm³/mol. The summed E-state index contributed by atoms with van der Waals surface area (Å²) < 4.78 is 4.98. The molecule has 0 fully saturated rings. The number of carbonyl (C=O) groups is 1. The van der Waals surface area contributed by atoms with Crippen molar-refractivity contribution in [2.75, 3.05) is 7.11 Å². The third kappa shape index (κ3) is 3.09. The van der Waals surface area contributed by atoms with Crippen LogP contribution in [-0.4, -0.2) is 19.3 Å². The Hall–Kier alpha value is -1.84. The van der Waals surface area contributed by atoms with Gasteiger partial charge in [-0.1, -0.05) is 12.1 Å². The van der Waals surface area contributed by atoms with Crippen molar-refractivity contribution in [2.24, 2.45) is 0 Å². The number of carbonyl (C=O) groups excluding carboxylic acids is 2. The quantitative estimate of drug-likeness (QED) is 0.799. The molecule has 0 bridgehead atoms. The number of hydrogen-bond acceptors (Lipinski definition) is 3. The van der Waals surface area contributed by atoms with Gasteiger partial charge in [-0.05, 0) is 17.7 Å². The number of rotatable bonds is 4. The monoisotopic (exact) mass is 206 g/mol. The van der Waals surface area contributed by atoms with Crippen LogP contribution in [0.25, 0.3) is 0 Å². The molecule has 0 saturated carbocycles. The zero-order chi connectivity index (χ0) is 11.3. The lowest BCUT2D eigenvalue weighted by Gasteiger charge is -2.10. The highest BCUT2D eigenvalue weighted by Gasteiger charge is 2.11. The summed E-state index contributed by atoms with van der Waals surface area (Å²) in [5, 5.41) is 2.48. The van der Waals surface area contributed by atoms with Crippen molar-refractivity contribution in [3.63, 3.8) is 0 Å². The Balaban J connectivity index is 2.82. The highest BCUT2D eigenvalue weighted by atomic mass is 16.5. The molecule has 0 aliphatic rings. The first-order valence-corrected chi connectivity index (χ1v) is 4.46. The summed E-state index contributed by atoms with van der Waals surface area (Å²) in [5.41, 5.74) is 0.681. The van der Waals surface area contributed by atoms with Gasteiger partial charge in [0.25, 0.3) is 0 Å². The maximum Gasteiger partial charge on any atom is 0.227 e. The van der Waals surface area contributed by atoms with Crippen LogP contribution in [0, 0.1) is 0 Å². The summed E-state index contributed by atoms with van der Waals surface area (Å²) in [7, 11) is 1.56. The lowest BCUT2D eigenvalue weighted by atomic mass is 10.1. The van der Waals surface area contributed by atoms with Gasteiger partial charge in [-0.2, -0.15) is 0 Å². The minimum absolute atomic E-state index is 0.265. The van der Waals surface area contributed by atoms with E-state index in [-0.39, 0.29) is 5.91 Å².